The number of benzene rings is 1. The molecule has 0 bridgehead atoms. The van der Waals surface area contributed by atoms with Gasteiger partial charge in [-0.25, -0.2) is 0 Å². The van der Waals surface area contributed by atoms with Crippen LogP contribution in [0.3, 0.4) is 0 Å². The molecular weight excluding hydrogens is 274 g/mol. The summed E-state index contributed by atoms with van der Waals surface area (Å²) in [6.07, 6.45) is 2.65. The summed E-state index contributed by atoms with van der Waals surface area (Å²) in [6.45, 7) is 0.574. The molecule has 3 rings (SSSR count). The molecule has 0 aliphatic heterocycles. The lowest BCUT2D eigenvalue weighted by Gasteiger charge is -2.06. The number of amides is 1. The molecule has 1 aliphatic carbocycles. The maximum Gasteiger partial charge on any atom is 0.222 e. The van der Waals surface area contributed by atoms with E-state index in [2.05, 4.69) is 10.3 Å². The second-order valence-electron chi connectivity index (χ2n) is 5.03. The van der Waals surface area contributed by atoms with Crippen molar-refractivity contribution in [3.05, 3.63) is 23.0 Å². The van der Waals surface area contributed by atoms with E-state index in [1.807, 2.05) is 22.8 Å². The molecule has 1 aromatic carbocycles. The van der Waals surface area contributed by atoms with E-state index in [4.69, 9.17) is 17.0 Å². The standard InChI is InChI=1S/C14H17N3O2S/c1-19-11-4-2-3-10-13(11)16-14(20)17(10)8-7-12(18)15-9-5-6-9/h2-4,9H,5-8H2,1H3,(H,15,18)(H,16,20). The van der Waals surface area contributed by atoms with Gasteiger partial charge in [-0.15, -0.1) is 0 Å². The topological polar surface area (TPSA) is 59.0 Å². The molecule has 1 amide bonds. The van der Waals surface area contributed by atoms with Crippen LogP contribution < -0.4 is 10.1 Å². The van der Waals surface area contributed by atoms with Gasteiger partial charge in [-0.2, -0.15) is 0 Å². The van der Waals surface area contributed by atoms with E-state index in [0.29, 0.717) is 23.8 Å². The number of carbonyl (C=O) groups is 1. The Kier molecular flexibility index (Phi) is 3.48. The van der Waals surface area contributed by atoms with Gasteiger partial charge < -0.3 is 19.6 Å². The SMILES string of the molecule is COc1cccc2c1[nH]c(=S)n2CCC(=O)NC1CC1. The maximum absolute atomic E-state index is 11.8. The number of carbonyl (C=O) groups excluding carboxylic acids is 1. The van der Waals surface area contributed by atoms with Gasteiger partial charge in [0.2, 0.25) is 5.91 Å². The van der Waals surface area contributed by atoms with Crippen LogP contribution >= 0.6 is 12.2 Å². The fourth-order valence-electron chi connectivity index (χ4n) is 2.29. The van der Waals surface area contributed by atoms with Crippen molar-refractivity contribution < 1.29 is 9.53 Å². The highest BCUT2D eigenvalue weighted by atomic mass is 32.1. The summed E-state index contributed by atoms with van der Waals surface area (Å²) in [5.74, 6) is 0.849. The Morgan fingerprint density at radius 3 is 3.05 bits per heavy atom. The summed E-state index contributed by atoms with van der Waals surface area (Å²) in [5, 5.41) is 2.99. The molecule has 20 heavy (non-hydrogen) atoms. The zero-order chi connectivity index (χ0) is 14.1. The van der Waals surface area contributed by atoms with E-state index in [1.54, 1.807) is 7.11 Å². The number of methoxy groups -OCH3 is 1. The van der Waals surface area contributed by atoms with Crippen LogP contribution in [0.1, 0.15) is 19.3 Å². The highest BCUT2D eigenvalue weighted by Crippen LogP contribution is 2.24. The second-order valence-corrected chi connectivity index (χ2v) is 5.41. The predicted octanol–water partition coefficient (Wildman–Crippen LogP) is 2.38. The molecule has 1 aromatic heterocycles. The number of H-pyrrole nitrogens is 1. The zero-order valence-electron chi connectivity index (χ0n) is 11.3. The lowest BCUT2D eigenvalue weighted by molar-refractivity contribution is -0.121. The van der Waals surface area contributed by atoms with Crippen LogP contribution in [0.5, 0.6) is 5.75 Å². The van der Waals surface area contributed by atoms with Crippen LogP contribution in [-0.4, -0.2) is 28.6 Å². The van der Waals surface area contributed by atoms with Gasteiger partial charge in [-0.1, -0.05) is 6.07 Å². The zero-order valence-corrected chi connectivity index (χ0v) is 12.1. The Hall–Kier alpha value is -1.82. The Labute approximate surface area is 121 Å². The number of rotatable bonds is 5. The molecule has 6 heteroatoms. The van der Waals surface area contributed by atoms with Gasteiger partial charge in [-0.3, -0.25) is 4.79 Å². The molecular formula is C14H17N3O2S. The highest BCUT2D eigenvalue weighted by molar-refractivity contribution is 7.71. The average molecular weight is 291 g/mol. The number of fused-ring (bicyclic) bond motifs is 1. The monoisotopic (exact) mass is 291 g/mol. The van der Waals surface area contributed by atoms with E-state index >= 15 is 0 Å². The first-order chi connectivity index (χ1) is 9.69. The highest BCUT2D eigenvalue weighted by Gasteiger charge is 2.23. The third-order valence-electron chi connectivity index (χ3n) is 3.50. The van der Waals surface area contributed by atoms with Crippen molar-refractivity contribution in [2.45, 2.75) is 31.8 Å². The summed E-state index contributed by atoms with van der Waals surface area (Å²) in [7, 11) is 1.63. The Morgan fingerprint density at radius 1 is 1.55 bits per heavy atom. The molecule has 0 radical (unpaired) electrons. The van der Waals surface area contributed by atoms with E-state index in [1.165, 1.54) is 0 Å². The number of aromatic nitrogens is 2. The summed E-state index contributed by atoms with van der Waals surface area (Å²) < 4.78 is 7.87. The lowest BCUT2D eigenvalue weighted by atomic mass is 10.3. The first kappa shape index (κ1) is 13.2. The van der Waals surface area contributed by atoms with Crippen LogP contribution in [0.2, 0.25) is 0 Å². The maximum atomic E-state index is 11.8. The molecule has 2 aromatic rings. The van der Waals surface area contributed by atoms with E-state index < -0.39 is 0 Å². The second kappa shape index (κ2) is 5.28. The number of ether oxygens (including phenoxy) is 1. The van der Waals surface area contributed by atoms with Crippen molar-refractivity contribution in [3.8, 4) is 5.75 Å². The quantitative estimate of drug-likeness (QED) is 0.832. The van der Waals surface area contributed by atoms with Gasteiger partial charge in [0.1, 0.15) is 11.3 Å². The molecule has 2 N–H and O–H groups in total. The molecule has 1 saturated carbocycles. The fourth-order valence-corrected chi connectivity index (χ4v) is 2.58. The Balaban J connectivity index is 1.81. The molecule has 1 fully saturated rings. The van der Waals surface area contributed by atoms with E-state index in [9.17, 15) is 4.79 Å². The molecule has 0 saturated heterocycles. The lowest BCUT2D eigenvalue weighted by Crippen LogP contribution is -2.26. The number of hydrogen-bond acceptors (Lipinski definition) is 3. The van der Waals surface area contributed by atoms with Gasteiger partial charge >= 0.3 is 0 Å². The Bertz CT molecular complexity index is 700. The first-order valence-electron chi connectivity index (χ1n) is 6.74. The normalized spacial score (nSPS) is 14.4. The molecule has 106 valence electrons. The Morgan fingerprint density at radius 2 is 2.35 bits per heavy atom. The van der Waals surface area contributed by atoms with Crippen LogP contribution in [0.25, 0.3) is 11.0 Å². The number of para-hydroxylation sites is 1. The van der Waals surface area contributed by atoms with Gasteiger partial charge in [0, 0.05) is 19.0 Å². The minimum absolute atomic E-state index is 0.0895. The van der Waals surface area contributed by atoms with Crippen LogP contribution in [-0.2, 0) is 11.3 Å². The summed E-state index contributed by atoms with van der Waals surface area (Å²) in [6, 6.07) is 6.18. The number of hydrogen-bond donors (Lipinski definition) is 2. The van der Waals surface area contributed by atoms with Gasteiger partial charge in [0.05, 0.1) is 12.6 Å². The minimum Gasteiger partial charge on any atom is -0.494 e. The number of imidazole rings is 1. The largest absolute Gasteiger partial charge is 0.494 e. The first-order valence-corrected chi connectivity index (χ1v) is 7.15. The smallest absolute Gasteiger partial charge is 0.222 e. The number of nitrogens with zero attached hydrogens (tertiary/aromatic N) is 1. The van der Waals surface area contributed by atoms with Crippen LogP contribution in [0.15, 0.2) is 18.2 Å². The van der Waals surface area contributed by atoms with Crippen LogP contribution in [0.4, 0.5) is 0 Å². The summed E-state index contributed by atoms with van der Waals surface area (Å²) >= 11 is 5.33. The predicted molar refractivity (Wildman–Crippen MR) is 79.5 cm³/mol. The molecule has 0 atom stereocenters. The molecule has 5 nitrogen and oxygen atoms in total. The number of nitrogens with one attached hydrogen (secondary N) is 2. The third-order valence-corrected chi connectivity index (χ3v) is 3.82. The molecule has 1 aliphatic rings. The van der Waals surface area contributed by atoms with E-state index in [-0.39, 0.29) is 5.91 Å². The van der Waals surface area contributed by atoms with Crippen molar-refractivity contribution >= 4 is 29.2 Å². The van der Waals surface area contributed by atoms with Gasteiger partial charge in [0.25, 0.3) is 0 Å². The van der Waals surface area contributed by atoms with Crippen molar-refractivity contribution in [2.75, 3.05) is 7.11 Å². The summed E-state index contributed by atoms with van der Waals surface area (Å²) in [5.41, 5.74) is 1.84. The number of aryl methyl sites for hydroxylation is 1. The average Bonchev–Trinajstić information content (AvgIpc) is 3.18. The van der Waals surface area contributed by atoms with Crippen molar-refractivity contribution in [3.63, 3.8) is 0 Å². The molecule has 0 unspecified atom stereocenters. The number of aromatic amines is 1. The van der Waals surface area contributed by atoms with Gasteiger partial charge in [0.15, 0.2) is 4.77 Å². The fraction of sp³-hybridized carbons (Fsp3) is 0.429. The van der Waals surface area contributed by atoms with Crippen molar-refractivity contribution in [2.24, 2.45) is 0 Å². The van der Waals surface area contributed by atoms with Crippen molar-refractivity contribution in [1.82, 2.24) is 14.9 Å². The van der Waals surface area contributed by atoms with E-state index in [0.717, 1.165) is 29.6 Å². The third kappa shape index (κ3) is 2.56. The molecule has 1 heterocycles. The van der Waals surface area contributed by atoms with Crippen LogP contribution in [0, 0.1) is 4.77 Å². The molecule has 0 spiro atoms. The van der Waals surface area contributed by atoms with Gasteiger partial charge in [-0.05, 0) is 37.2 Å². The summed E-state index contributed by atoms with van der Waals surface area (Å²) in [4.78, 5) is 14.9. The van der Waals surface area contributed by atoms with Crippen molar-refractivity contribution in [1.29, 1.82) is 0 Å². The minimum atomic E-state index is 0.0895.